The van der Waals surface area contributed by atoms with Crippen molar-refractivity contribution in [3.8, 4) is 0 Å². The van der Waals surface area contributed by atoms with Crippen LogP contribution < -0.4 is 5.73 Å². The van der Waals surface area contributed by atoms with E-state index in [-0.39, 0.29) is 21.8 Å². The van der Waals surface area contributed by atoms with Gasteiger partial charge in [-0.3, -0.25) is 0 Å². The first kappa shape index (κ1) is 14.3. The summed E-state index contributed by atoms with van der Waals surface area (Å²) in [5.74, 6) is -2.80. The molecule has 0 aliphatic carbocycles. The Hall–Kier alpha value is -2.14. The van der Waals surface area contributed by atoms with E-state index >= 15 is 0 Å². The smallest absolute Gasteiger partial charge is 0.340 e. The van der Waals surface area contributed by atoms with Crippen LogP contribution in [0.5, 0.6) is 0 Å². The molecule has 0 heterocycles. The Kier molecular flexibility index (Phi) is 4.20. The number of nitrogens with two attached hydrogens (primary N) is 1. The van der Waals surface area contributed by atoms with Crippen LogP contribution in [0, 0.1) is 11.6 Å². The standard InChI is InChI=1S/C14H10ClF2NO2/c15-12-9(4-2-6-11(12)18)14(19)20-7-8-3-1-5-10(16)13(8)17/h1-6H,7,18H2. The summed E-state index contributed by atoms with van der Waals surface area (Å²) in [7, 11) is 0. The van der Waals surface area contributed by atoms with Gasteiger partial charge in [-0.05, 0) is 18.2 Å². The number of carbonyl (C=O) groups is 1. The van der Waals surface area contributed by atoms with Gasteiger partial charge in [0.05, 0.1) is 16.3 Å². The first-order valence-corrected chi connectivity index (χ1v) is 6.02. The van der Waals surface area contributed by atoms with Gasteiger partial charge in [-0.1, -0.05) is 29.8 Å². The first-order valence-electron chi connectivity index (χ1n) is 5.64. The van der Waals surface area contributed by atoms with Gasteiger partial charge in [0.1, 0.15) is 6.61 Å². The quantitative estimate of drug-likeness (QED) is 0.696. The number of benzene rings is 2. The monoisotopic (exact) mass is 297 g/mol. The lowest BCUT2D eigenvalue weighted by atomic mass is 10.2. The summed E-state index contributed by atoms with van der Waals surface area (Å²) in [4.78, 5) is 11.8. The third-order valence-electron chi connectivity index (χ3n) is 2.64. The zero-order chi connectivity index (χ0) is 14.7. The predicted molar refractivity (Wildman–Crippen MR) is 71.3 cm³/mol. The summed E-state index contributed by atoms with van der Waals surface area (Å²) in [5.41, 5.74) is 5.81. The molecule has 0 saturated carbocycles. The second-order valence-electron chi connectivity index (χ2n) is 4.00. The summed E-state index contributed by atoms with van der Waals surface area (Å²) in [6.45, 7) is -0.395. The molecule has 0 bridgehead atoms. The fourth-order valence-electron chi connectivity index (χ4n) is 1.59. The van der Waals surface area contributed by atoms with Crippen molar-refractivity contribution in [2.45, 2.75) is 6.61 Å². The zero-order valence-corrected chi connectivity index (χ0v) is 11.0. The molecule has 2 aromatic carbocycles. The highest BCUT2D eigenvalue weighted by Gasteiger charge is 2.15. The van der Waals surface area contributed by atoms with Crippen molar-refractivity contribution in [3.63, 3.8) is 0 Å². The van der Waals surface area contributed by atoms with E-state index in [0.29, 0.717) is 0 Å². The number of anilines is 1. The van der Waals surface area contributed by atoms with E-state index in [1.807, 2.05) is 0 Å². The van der Waals surface area contributed by atoms with Gasteiger partial charge in [-0.25, -0.2) is 13.6 Å². The highest BCUT2D eigenvalue weighted by atomic mass is 35.5. The topological polar surface area (TPSA) is 52.3 Å². The SMILES string of the molecule is Nc1cccc(C(=O)OCc2cccc(F)c2F)c1Cl. The molecule has 0 amide bonds. The molecule has 2 aromatic rings. The molecule has 0 spiro atoms. The highest BCUT2D eigenvalue weighted by Crippen LogP contribution is 2.24. The molecule has 3 nitrogen and oxygen atoms in total. The Morgan fingerprint density at radius 1 is 1.20 bits per heavy atom. The van der Waals surface area contributed by atoms with Crippen LogP contribution in [-0.2, 0) is 11.3 Å². The molecule has 0 saturated heterocycles. The molecule has 2 rings (SSSR count). The largest absolute Gasteiger partial charge is 0.457 e. The first-order chi connectivity index (χ1) is 9.50. The van der Waals surface area contributed by atoms with Crippen molar-refractivity contribution in [1.29, 1.82) is 0 Å². The molecular weight excluding hydrogens is 288 g/mol. The number of rotatable bonds is 3. The predicted octanol–water partition coefficient (Wildman–Crippen LogP) is 3.56. The number of nitrogen functional groups attached to an aromatic ring is 1. The van der Waals surface area contributed by atoms with Crippen LogP contribution in [0.2, 0.25) is 5.02 Å². The minimum absolute atomic E-state index is 0.0571. The molecule has 0 fully saturated rings. The number of hydrogen-bond donors (Lipinski definition) is 1. The van der Waals surface area contributed by atoms with Crippen LogP contribution in [0.3, 0.4) is 0 Å². The normalized spacial score (nSPS) is 10.3. The average Bonchev–Trinajstić information content (AvgIpc) is 2.43. The molecule has 6 heteroatoms. The van der Waals surface area contributed by atoms with Crippen LogP contribution in [-0.4, -0.2) is 5.97 Å². The minimum Gasteiger partial charge on any atom is -0.457 e. The lowest BCUT2D eigenvalue weighted by Gasteiger charge is -2.08. The van der Waals surface area contributed by atoms with E-state index in [0.717, 1.165) is 6.07 Å². The molecule has 0 atom stereocenters. The van der Waals surface area contributed by atoms with Gasteiger partial charge >= 0.3 is 5.97 Å². The molecule has 0 radical (unpaired) electrons. The molecule has 20 heavy (non-hydrogen) atoms. The van der Waals surface area contributed by atoms with Crippen LogP contribution in [0.15, 0.2) is 36.4 Å². The molecule has 0 unspecified atom stereocenters. The summed E-state index contributed by atoms with van der Waals surface area (Å²) in [5, 5.41) is 0.0669. The van der Waals surface area contributed by atoms with Gasteiger partial charge in [0, 0.05) is 5.56 Å². The van der Waals surface area contributed by atoms with Gasteiger partial charge in [0.2, 0.25) is 0 Å². The maximum atomic E-state index is 13.4. The Bertz CT molecular complexity index is 662. The molecule has 104 valence electrons. The number of hydrogen-bond acceptors (Lipinski definition) is 3. The molecular formula is C14H10ClF2NO2. The zero-order valence-electron chi connectivity index (χ0n) is 10.2. The molecule has 2 N–H and O–H groups in total. The maximum absolute atomic E-state index is 13.4. The van der Waals surface area contributed by atoms with Crippen molar-refractivity contribution < 1.29 is 18.3 Å². The summed E-state index contributed by atoms with van der Waals surface area (Å²) < 4.78 is 31.3. The van der Waals surface area contributed by atoms with Crippen LogP contribution >= 0.6 is 11.6 Å². The Balaban J connectivity index is 2.13. The summed E-state index contributed by atoms with van der Waals surface area (Å²) >= 11 is 5.87. The number of halogens is 3. The van der Waals surface area contributed by atoms with Crippen LogP contribution in [0.25, 0.3) is 0 Å². The lowest BCUT2D eigenvalue weighted by molar-refractivity contribution is 0.0468. The second kappa shape index (κ2) is 5.88. The van der Waals surface area contributed by atoms with Crippen molar-refractivity contribution in [2.75, 3.05) is 5.73 Å². The van der Waals surface area contributed by atoms with Crippen molar-refractivity contribution >= 4 is 23.3 Å². The third-order valence-corrected chi connectivity index (χ3v) is 3.06. The highest BCUT2D eigenvalue weighted by molar-refractivity contribution is 6.36. The van der Waals surface area contributed by atoms with Crippen molar-refractivity contribution in [3.05, 3.63) is 64.2 Å². The Morgan fingerprint density at radius 3 is 2.65 bits per heavy atom. The van der Waals surface area contributed by atoms with Crippen LogP contribution in [0.1, 0.15) is 15.9 Å². The van der Waals surface area contributed by atoms with Crippen LogP contribution in [0.4, 0.5) is 14.5 Å². The molecule has 0 aliphatic heterocycles. The van der Waals surface area contributed by atoms with Gasteiger partial charge in [0.25, 0.3) is 0 Å². The summed E-state index contributed by atoms with van der Waals surface area (Å²) in [6, 6.07) is 8.14. The maximum Gasteiger partial charge on any atom is 0.340 e. The van der Waals surface area contributed by atoms with E-state index in [4.69, 9.17) is 22.1 Å². The van der Waals surface area contributed by atoms with Crippen molar-refractivity contribution in [2.24, 2.45) is 0 Å². The van der Waals surface area contributed by atoms with Gasteiger partial charge < -0.3 is 10.5 Å². The van der Waals surface area contributed by atoms with E-state index in [1.54, 1.807) is 6.07 Å². The number of ether oxygens (including phenoxy) is 1. The third kappa shape index (κ3) is 2.88. The number of carbonyl (C=O) groups excluding carboxylic acids is 1. The van der Waals surface area contributed by atoms with E-state index in [9.17, 15) is 13.6 Å². The fraction of sp³-hybridized carbons (Fsp3) is 0.0714. The van der Waals surface area contributed by atoms with E-state index < -0.39 is 24.2 Å². The van der Waals surface area contributed by atoms with E-state index in [1.165, 1.54) is 24.3 Å². The molecule has 0 aromatic heterocycles. The van der Waals surface area contributed by atoms with Gasteiger partial charge in [0.15, 0.2) is 11.6 Å². The molecule has 0 aliphatic rings. The minimum atomic E-state index is -1.04. The Labute approximate surface area is 118 Å². The van der Waals surface area contributed by atoms with Gasteiger partial charge in [-0.2, -0.15) is 0 Å². The van der Waals surface area contributed by atoms with Gasteiger partial charge in [-0.15, -0.1) is 0 Å². The average molecular weight is 298 g/mol. The summed E-state index contributed by atoms with van der Waals surface area (Å²) in [6.07, 6.45) is 0. The van der Waals surface area contributed by atoms with Crippen molar-refractivity contribution in [1.82, 2.24) is 0 Å². The Morgan fingerprint density at radius 2 is 1.90 bits per heavy atom. The van der Waals surface area contributed by atoms with E-state index in [2.05, 4.69) is 0 Å². The fourth-order valence-corrected chi connectivity index (χ4v) is 1.79. The number of esters is 1. The lowest BCUT2D eigenvalue weighted by Crippen LogP contribution is -2.08. The second-order valence-corrected chi connectivity index (χ2v) is 4.38.